The van der Waals surface area contributed by atoms with Crippen molar-refractivity contribution in [3.05, 3.63) is 35.6 Å². The second kappa shape index (κ2) is 7.75. The molecule has 5 nitrogen and oxygen atoms in total. The maximum Gasteiger partial charge on any atom is 0.254 e. The van der Waals surface area contributed by atoms with E-state index in [9.17, 15) is 14.0 Å². The molecule has 0 spiro atoms. The molecule has 1 atom stereocenters. The number of hydrogen-bond donors (Lipinski definition) is 1. The summed E-state index contributed by atoms with van der Waals surface area (Å²) >= 11 is 0. The normalized spacial score (nSPS) is 21.0. The average molecular weight is 342 g/mol. The Morgan fingerprint density at radius 2 is 1.83 bits per heavy atom. The van der Waals surface area contributed by atoms with Gasteiger partial charge in [-0.15, -0.1) is 12.4 Å². The van der Waals surface area contributed by atoms with Gasteiger partial charge in [-0.05, 0) is 37.6 Å². The number of carbonyl (C=O) groups excluding carboxylic acids is 2. The van der Waals surface area contributed by atoms with E-state index in [1.807, 2.05) is 4.90 Å². The predicted molar refractivity (Wildman–Crippen MR) is 87.2 cm³/mol. The summed E-state index contributed by atoms with van der Waals surface area (Å²) in [6.07, 6.45) is 1.93. The molecule has 2 heterocycles. The summed E-state index contributed by atoms with van der Waals surface area (Å²) < 4.78 is 13.2. The molecule has 126 valence electrons. The highest BCUT2D eigenvalue weighted by Gasteiger charge is 2.30. The van der Waals surface area contributed by atoms with Gasteiger partial charge in [0.2, 0.25) is 5.91 Å². The molecule has 2 aliphatic rings. The van der Waals surface area contributed by atoms with Crippen LogP contribution in [0, 0.1) is 5.82 Å². The first-order chi connectivity index (χ1) is 10.6. The Balaban J connectivity index is 0.00000192. The van der Waals surface area contributed by atoms with Crippen LogP contribution >= 0.6 is 12.4 Å². The lowest BCUT2D eigenvalue weighted by Crippen LogP contribution is -2.54. The van der Waals surface area contributed by atoms with E-state index in [1.165, 1.54) is 18.2 Å². The van der Waals surface area contributed by atoms with Gasteiger partial charge in [0.1, 0.15) is 5.82 Å². The second-order valence-corrected chi connectivity index (χ2v) is 5.78. The minimum absolute atomic E-state index is 0. The number of hydrogen-bond acceptors (Lipinski definition) is 3. The molecule has 1 N–H and O–H groups in total. The molecule has 0 aliphatic carbocycles. The largest absolute Gasteiger partial charge is 0.338 e. The van der Waals surface area contributed by atoms with Crippen molar-refractivity contribution < 1.29 is 14.0 Å². The van der Waals surface area contributed by atoms with Crippen LogP contribution < -0.4 is 5.32 Å². The Labute approximate surface area is 141 Å². The summed E-state index contributed by atoms with van der Waals surface area (Å²) in [6.45, 7) is 2.96. The van der Waals surface area contributed by atoms with Gasteiger partial charge < -0.3 is 15.1 Å². The van der Waals surface area contributed by atoms with E-state index < -0.39 is 5.82 Å². The quantitative estimate of drug-likeness (QED) is 0.881. The molecule has 23 heavy (non-hydrogen) atoms. The predicted octanol–water partition coefficient (Wildman–Crippen LogP) is 1.28. The maximum atomic E-state index is 13.2. The van der Waals surface area contributed by atoms with Crippen molar-refractivity contribution in [2.45, 2.75) is 18.9 Å². The number of carbonyl (C=O) groups is 2. The molecule has 1 aromatic carbocycles. The van der Waals surface area contributed by atoms with Gasteiger partial charge in [0.15, 0.2) is 0 Å². The SMILES string of the molecule is Cl.O=C(c1cccc(F)c1)N1CCN(C(=O)C2CCCN2)CC1. The lowest BCUT2D eigenvalue weighted by molar-refractivity contribution is -0.134. The van der Waals surface area contributed by atoms with Gasteiger partial charge in [-0.3, -0.25) is 9.59 Å². The van der Waals surface area contributed by atoms with Gasteiger partial charge in [0, 0.05) is 31.7 Å². The van der Waals surface area contributed by atoms with E-state index >= 15 is 0 Å². The van der Waals surface area contributed by atoms with Crippen LogP contribution in [-0.2, 0) is 4.79 Å². The molecule has 2 aliphatic heterocycles. The van der Waals surface area contributed by atoms with Gasteiger partial charge in [-0.2, -0.15) is 0 Å². The highest BCUT2D eigenvalue weighted by Crippen LogP contribution is 2.13. The number of piperazine rings is 1. The highest BCUT2D eigenvalue weighted by atomic mass is 35.5. The molecule has 1 aromatic rings. The first-order valence-corrected chi connectivity index (χ1v) is 7.72. The number of benzene rings is 1. The van der Waals surface area contributed by atoms with Gasteiger partial charge in [0.05, 0.1) is 6.04 Å². The summed E-state index contributed by atoms with van der Waals surface area (Å²) in [7, 11) is 0. The number of halogens is 2. The number of rotatable bonds is 2. The smallest absolute Gasteiger partial charge is 0.254 e. The van der Waals surface area contributed by atoms with Crippen molar-refractivity contribution in [1.29, 1.82) is 0 Å². The van der Waals surface area contributed by atoms with Crippen LogP contribution in [0.1, 0.15) is 23.2 Å². The fraction of sp³-hybridized carbons (Fsp3) is 0.500. The molecule has 2 saturated heterocycles. The third kappa shape index (κ3) is 4.00. The first-order valence-electron chi connectivity index (χ1n) is 7.72. The topological polar surface area (TPSA) is 52.7 Å². The Morgan fingerprint density at radius 3 is 2.43 bits per heavy atom. The zero-order chi connectivity index (χ0) is 15.5. The Bertz CT molecular complexity index is 570. The number of nitrogens with one attached hydrogen (secondary N) is 1. The molecule has 0 radical (unpaired) electrons. The first kappa shape index (κ1) is 17.7. The third-order valence-corrected chi connectivity index (χ3v) is 4.31. The van der Waals surface area contributed by atoms with Crippen molar-refractivity contribution in [3.8, 4) is 0 Å². The number of nitrogens with zero attached hydrogens (tertiary/aromatic N) is 2. The van der Waals surface area contributed by atoms with Crippen molar-refractivity contribution in [3.63, 3.8) is 0 Å². The minimum Gasteiger partial charge on any atom is -0.338 e. The van der Waals surface area contributed by atoms with Crippen molar-refractivity contribution >= 4 is 24.2 Å². The average Bonchev–Trinajstić information content (AvgIpc) is 3.08. The van der Waals surface area contributed by atoms with Crippen molar-refractivity contribution in [2.75, 3.05) is 32.7 Å². The molecule has 1 unspecified atom stereocenters. The zero-order valence-electron chi connectivity index (χ0n) is 12.8. The molecule has 7 heteroatoms. The summed E-state index contributed by atoms with van der Waals surface area (Å²) in [5.74, 6) is -0.451. The lowest BCUT2D eigenvalue weighted by Gasteiger charge is -2.36. The van der Waals surface area contributed by atoms with Crippen LogP contribution in [0.15, 0.2) is 24.3 Å². The van der Waals surface area contributed by atoms with Crippen LogP contribution in [0.5, 0.6) is 0 Å². The lowest BCUT2D eigenvalue weighted by atomic mass is 10.1. The van der Waals surface area contributed by atoms with E-state index in [0.717, 1.165) is 19.4 Å². The third-order valence-electron chi connectivity index (χ3n) is 4.31. The van der Waals surface area contributed by atoms with Crippen LogP contribution in [0.4, 0.5) is 4.39 Å². The van der Waals surface area contributed by atoms with E-state index in [1.54, 1.807) is 11.0 Å². The highest BCUT2D eigenvalue weighted by molar-refractivity contribution is 5.94. The summed E-state index contributed by atoms with van der Waals surface area (Å²) in [4.78, 5) is 28.1. The fourth-order valence-corrected chi connectivity index (χ4v) is 3.05. The van der Waals surface area contributed by atoms with Crippen LogP contribution in [0.2, 0.25) is 0 Å². The fourth-order valence-electron chi connectivity index (χ4n) is 3.05. The maximum absolute atomic E-state index is 13.2. The Hall–Kier alpha value is -1.66. The second-order valence-electron chi connectivity index (χ2n) is 5.78. The Kier molecular flexibility index (Phi) is 5.96. The molecular weight excluding hydrogens is 321 g/mol. The number of amides is 2. The van der Waals surface area contributed by atoms with E-state index in [2.05, 4.69) is 5.32 Å². The molecule has 0 saturated carbocycles. The van der Waals surface area contributed by atoms with Crippen LogP contribution in [-0.4, -0.2) is 60.4 Å². The van der Waals surface area contributed by atoms with E-state index in [-0.39, 0.29) is 30.3 Å². The van der Waals surface area contributed by atoms with Crippen molar-refractivity contribution in [1.82, 2.24) is 15.1 Å². The zero-order valence-corrected chi connectivity index (χ0v) is 13.7. The molecule has 2 amide bonds. The summed E-state index contributed by atoms with van der Waals surface area (Å²) in [5, 5.41) is 3.21. The van der Waals surface area contributed by atoms with E-state index in [0.29, 0.717) is 31.7 Å². The van der Waals surface area contributed by atoms with Crippen LogP contribution in [0.25, 0.3) is 0 Å². The molecule has 2 fully saturated rings. The van der Waals surface area contributed by atoms with Gasteiger partial charge in [-0.25, -0.2) is 4.39 Å². The minimum atomic E-state index is -0.410. The van der Waals surface area contributed by atoms with Crippen molar-refractivity contribution in [2.24, 2.45) is 0 Å². The molecular formula is C16H21ClFN3O2. The van der Waals surface area contributed by atoms with Gasteiger partial charge in [0.25, 0.3) is 5.91 Å². The van der Waals surface area contributed by atoms with E-state index in [4.69, 9.17) is 0 Å². The summed E-state index contributed by atoms with van der Waals surface area (Å²) in [5.41, 5.74) is 0.359. The van der Waals surface area contributed by atoms with Crippen LogP contribution in [0.3, 0.4) is 0 Å². The molecule has 0 aromatic heterocycles. The summed E-state index contributed by atoms with van der Waals surface area (Å²) in [6, 6.07) is 5.66. The molecule has 0 bridgehead atoms. The molecule has 3 rings (SSSR count). The van der Waals surface area contributed by atoms with Gasteiger partial charge >= 0.3 is 0 Å². The Morgan fingerprint density at radius 1 is 1.13 bits per heavy atom. The monoisotopic (exact) mass is 341 g/mol. The van der Waals surface area contributed by atoms with Gasteiger partial charge in [-0.1, -0.05) is 6.07 Å². The standard InChI is InChI=1S/C16H20FN3O2.ClH/c17-13-4-1-3-12(11-13)15(21)19-7-9-20(10-8-19)16(22)14-5-2-6-18-14;/h1,3-4,11,14,18H,2,5-10H2;1H.